The zero-order valence-electron chi connectivity index (χ0n) is 15.9. The Hall–Kier alpha value is -2.83. The van der Waals surface area contributed by atoms with E-state index in [2.05, 4.69) is 0 Å². The number of benzene rings is 1. The normalized spacial score (nSPS) is 14.0. The smallest absolute Gasteiger partial charge is 0.410 e. The summed E-state index contributed by atoms with van der Waals surface area (Å²) in [5.74, 6) is -1.53. The molecule has 27 heavy (non-hydrogen) atoms. The minimum Gasteiger partial charge on any atom is -0.478 e. The van der Waals surface area contributed by atoms with Gasteiger partial charge in [0.1, 0.15) is 11.4 Å². The van der Waals surface area contributed by atoms with Crippen LogP contribution < -0.4 is 0 Å². The highest BCUT2D eigenvalue weighted by molar-refractivity contribution is 5.99. The number of ether oxygens (including phenoxy) is 1. The van der Waals surface area contributed by atoms with Gasteiger partial charge in [0.2, 0.25) is 0 Å². The molecule has 144 valence electrons. The zero-order valence-corrected chi connectivity index (χ0v) is 15.9. The van der Waals surface area contributed by atoms with Gasteiger partial charge < -0.3 is 19.3 Å². The lowest BCUT2D eigenvalue weighted by Gasteiger charge is -2.31. The van der Waals surface area contributed by atoms with E-state index in [9.17, 15) is 19.1 Å². The van der Waals surface area contributed by atoms with Crippen molar-refractivity contribution in [3.8, 4) is 11.1 Å². The van der Waals surface area contributed by atoms with Crippen molar-refractivity contribution < 1.29 is 23.8 Å². The topological polar surface area (TPSA) is 71.8 Å². The molecular weight excluding hydrogens is 351 g/mol. The van der Waals surface area contributed by atoms with Gasteiger partial charge in [-0.05, 0) is 45.4 Å². The lowest BCUT2D eigenvalue weighted by molar-refractivity contribution is 0.0195. The van der Waals surface area contributed by atoms with Gasteiger partial charge in [0.25, 0.3) is 0 Å². The first kappa shape index (κ1) is 18.9. The Kier molecular flexibility index (Phi) is 4.71. The molecule has 1 aromatic heterocycles. The minimum absolute atomic E-state index is 0.103. The number of hydrogen-bond acceptors (Lipinski definition) is 3. The predicted octanol–water partition coefficient (Wildman–Crippen LogP) is 4.05. The third-order valence-corrected chi connectivity index (χ3v) is 4.54. The number of carboxylic acids is 1. The first-order valence-electron chi connectivity index (χ1n) is 8.77. The molecule has 1 N–H and O–H groups in total. The van der Waals surface area contributed by atoms with Crippen molar-refractivity contribution in [2.24, 2.45) is 0 Å². The van der Waals surface area contributed by atoms with E-state index >= 15 is 0 Å². The van der Waals surface area contributed by atoms with Crippen molar-refractivity contribution >= 4 is 12.1 Å². The maximum Gasteiger partial charge on any atom is 0.410 e. The van der Waals surface area contributed by atoms with Gasteiger partial charge in [0, 0.05) is 24.3 Å². The molecule has 7 heteroatoms. The molecular formula is C20H23FN2O4. The largest absolute Gasteiger partial charge is 0.478 e. The number of rotatable bonds is 2. The Bertz CT molecular complexity index is 911. The number of fused-ring (bicyclic) bond motifs is 1. The molecule has 0 unspecified atom stereocenters. The second kappa shape index (κ2) is 6.72. The highest BCUT2D eigenvalue weighted by Gasteiger charge is 2.33. The maximum atomic E-state index is 13.7. The summed E-state index contributed by atoms with van der Waals surface area (Å²) in [5.41, 5.74) is 1.74. The van der Waals surface area contributed by atoms with E-state index in [1.165, 1.54) is 17.0 Å². The van der Waals surface area contributed by atoms with Crippen LogP contribution >= 0.6 is 0 Å². The molecule has 1 aliphatic rings. The van der Waals surface area contributed by atoms with Crippen LogP contribution in [-0.4, -0.2) is 38.8 Å². The van der Waals surface area contributed by atoms with Gasteiger partial charge in [0.15, 0.2) is 0 Å². The van der Waals surface area contributed by atoms with Crippen LogP contribution in [0.3, 0.4) is 0 Å². The fraction of sp³-hybridized carbons (Fsp3) is 0.400. The van der Waals surface area contributed by atoms with Crippen LogP contribution in [0, 0.1) is 12.7 Å². The SMILES string of the molecule is Cc1c(-c2cccc(F)c2)c(C(=O)O)c2n1CCN(C(=O)OC(C)(C)C)C2. The molecule has 1 aliphatic heterocycles. The Morgan fingerprint density at radius 2 is 1.93 bits per heavy atom. The molecule has 2 heterocycles. The molecule has 6 nitrogen and oxygen atoms in total. The summed E-state index contributed by atoms with van der Waals surface area (Å²) in [6, 6.07) is 5.89. The van der Waals surface area contributed by atoms with E-state index in [4.69, 9.17) is 4.74 Å². The van der Waals surface area contributed by atoms with Crippen molar-refractivity contribution in [2.45, 2.75) is 46.4 Å². The summed E-state index contributed by atoms with van der Waals surface area (Å²) in [6.45, 7) is 8.17. The van der Waals surface area contributed by atoms with Gasteiger partial charge in [-0.1, -0.05) is 12.1 Å². The number of nitrogens with zero attached hydrogens (tertiary/aromatic N) is 2. The minimum atomic E-state index is -1.10. The summed E-state index contributed by atoms with van der Waals surface area (Å²) in [4.78, 5) is 25.9. The van der Waals surface area contributed by atoms with Crippen molar-refractivity contribution in [3.05, 3.63) is 47.0 Å². The van der Waals surface area contributed by atoms with Gasteiger partial charge >= 0.3 is 12.1 Å². The molecule has 0 bridgehead atoms. The van der Waals surface area contributed by atoms with Gasteiger partial charge in [-0.2, -0.15) is 0 Å². The number of carboxylic acid groups (broad SMARTS) is 1. The molecule has 0 saturated heterocycles. The van der Waals surface area contributed by atoms with Crippen LogP contribution in [0.25, 0.3) is 11.1 Å². The first-order valence-corrected chi connectivity index (χ1v) is 8.77. The molecule has 2 aromatic rings. The summed E-state index contributed by atoms with van der Waals surface area (Å²) < 4.78 is 21.0. The number of halogens is 1. The molecule has 0 aliphatic carbocycles. The van der Waals surface area contributed by atoms with Crippen LogP contribution in [-0.2, 0) is 17.8 Å². The zero-order chi connectivity index (χ0) is 19.9. The van der Waals surface area contributed by atoms with Crippen molar-refractivity contribution in [1.29, 1.82) is 0 Å². The maximum absolute atomic E-state index is 13.7. The van der Waals surface area contributed by atoms with E-state index < -0.39 is 23.5 Å². The standard InChI is InChI=1S/C20H23FN2O4/c1-12-16(13-6-5-7-14(21)10-13)17(18(24)25)15-11-22(8-9-23(12)15)19(26)27-20(2,3)4/h5-7,10H,8-9,11H2,1-4H3,(H,24,25). The number of aromatic nitrogens is 1. The van der Waals surface area contributed by atoms with Crippen LogP contribution in [0.1, 0.15) is 42.5 Å². The molecule has 0 radical (unpaired) electrons. The Morgan fingerprint density at radius 1 is 1.22 bits per heavy atom. The number of amides is 1. The quantitative estimate of drug-likeness (QED) is 0.861. The Morgan fingerprint density at radius 3 is 2.52 bits per heavy atom. The molecule has 1 aromatic carbocycles. The summed E-state index contributed by atoms with van der Waals surface area (Å²) in [6.07, 6.45) is -0.476. The lowest BCUT2D eigenvalue weighted by Crippen LogP contribution is -2.41. The summed E-state index contributed by atoms with van der Waals surface area (Å²) in [5, 5.41) is 9.84. The first-order chi connectivity index (χ1) is 12.6. The lowest BCUT2D eigenvalue weighted by atomic mass is 10.00. The van der Waals surface area contributed by atoms with E-state index in [1.807, 2.05) is 11.5 Å². The van der Waals surface area contributed by atoms with Crippen molar-refractivity contribution in [2.75, 3.05) is 6.54 Å². The van der Waals surface area contributed by atoms with E-state index in [0.29, 0.717) is 29.9 Å². The molecule has 3 rings (SSSR count). The third kappa shape index (κ3) is 3.67. The average molecular weight is 374 g/mol. The average Bonchev–Trinajstić information content (AvgIpc) is 2.86. The van der Waals surface area contributed by atoms with E-state index in [1.54, 1.807) is 32.9 Å². The van der Waals surface area contributed by atoms with Crippen molar-refractivity contribution in [3.63, 3.8) is 0 Å². The molecule has 0 saturated carbocycles. The van der Waals surface area contributed by atoms with Gasteiger partial charge in [-0.15, -0.1) is 0 Å². The Labute approximate surface area is 157 Å². The third-order valence-electron chi connectivity index (χ3n) is 4.54. The summed E-state index contributed by atoms with van der Waals surface area (Å²) in [7, 11) is 0. The van der Waals surface area contributed by atoms with Gasteiger partial charge in [-0.3, -0.25) is 0 Å². The van der Waals surface area contributed by atoms with E-state index in [-0.39, 0.29) is 12.1 Å². The molecule has 0 fully saturated rings. The number of carbonyl (C=O) groups excluding carboxylic acids is 1. The van der Waals surface area contributed by atoms with Crippen LogP contribution in [0.4, 0.5) is 9.18 Å². The second-order valence-corrected chi connectivity index (χ2v) is 7.65. The number of carbonyl (C=O) groups is 2. The Balaban J connectivity index is 2.05. The van der Waals surface area contributed by atoms with Crippen LogP contribution in [0.15, 0.2) is 24.3 Å². The number of aromatic carboxylic acids is 1. The second-order valence-electron chi connectivity index (χ2n) is 7.65. The molecule has 0 atom stereocenters. The van der Waals surface area contributed by atoms with E-state index in [0.717, 1.165) is 5.69 Å². The predicted molar refractivity (Wildman–Crippen MR) is 98.2 cm³/mol. The van der Waals surface area contributed by atoms with Gasteiger partial charge in [-0.25, -0.2) is 14.0 Å². The highest BCUT2D eigenvalue weighted by Crippen LogP contribution is 2.35. The van der Waals surface area contributed by atoms with Gasteiger partial charge in [0.05, 0.1) is 17.8 Å². The fourth-order valence-electron chi connectivity index (χ4n) is 3.46. The number of hydrogen-bond donors (Lipinski definition) is 1. The fourth-order valence-corrected chi connectivity index (χ4v) is 3.46. The highest BCUT2D eigenvalue weighted by atomic mass is 19.1. The molecule has 0 spiro atoms. The summed E-state index contributed by atoms with van der Waals surface area (Å²) >= 11 is 0. The van der Waals surface area contributed by atoms with Crippen molar-refractivity contribution in [1.82, 2.24) is 9.47 Å². The van der Waals surface area contributed by atoms with Crippen LogP contribution in [0.5, 0.6) is 0 Å². The molecule has 1 amide bonds. The monoisotopic (exact) mass is 374 g/mol. The van der Waals surface area contributed by atoms with Crippen LogP contribution in [0.2, 0.25) is 0 Å².